The molecule has 2 N–H and O–H groups in total. The standard InChI is InChI=1S/C23H24ClN3O3S/c1-13-4-8-18(14(2)10-13)31-19-9-7-16(24)11-17(19)25-20(28)12-27-21(29)23(3,15-5-6-15)26-22(27)30/h4,7-11,15H,5-6,12H2,1-3H3,(H,25,28)(H,26,30)/t23-/m0/s1. The van der Waals surface area contributed by atoms with Crippen molar-refractivity contribution in [1.82, 2.24) is 10.2 Å². The number of nitrogens with zero attached hydrogens (tertiary/aromatic N) is 1. The molecule has 4 rings (SSSR count). The molecule has 2 fully saturated rings. The number of carbonyl (C=O) groups excluding carboxylic acids is 3. The van der Waals surface area contributed by atoms with Crippen LogP contribution in [0.25, 0.3) is 0 Å². The summed E-state index contributed by atoms with van der Waals surface area (Å²) in [5, 5.41) is 6.06. The highest BCUT2D eigenvalue weighted by atomic mass is 35.5. The van der Waals surface area contributed by atoms with Crippen LogP contribution in [0.2, 0.25) is 5.02 Å². The van der Waals surface area contributed by atoms with Crippen molar-refractivity contribution in [3.63, 3.8) is 0 Å². The van der Waals surface area contributed by atoms with Crippen LogP contribution in [0.4, 0.5) is 10.5 Å². The molecule has 0 spiro atoms. The number of rotatable bonds is 6. The molecule has 0 aromatic heterocycles. The molecule has 1 saturated heterocycles. The summed E-state index contributed by atoms with van der Waals surface area (Å²) in [6.07, 6.45) is 1.81. The predicted molar refractivity (Wildman–Crippen MR) is 121 cm³/mol. The molecular weight excluding hydrogens is 434 g/mol. The molecule has 2 aromatic rings. The molecule has 1 atom stereocenters. The minimum absolute atomic E-state index is 0.144. The molecule has 2 aliphatic rings. The smallest absolute Gasteiger partial charge is 0.323 e. The van der Waals surface area contributed by atoms with E-state index in [4.69, 9.17) is 11.6 Å². The van der Waals surface area contributed by atoms with E-state index in [0.717, 1.165) is 33.1 Å². The van der Waals surface area contributed by atoms with Crippen molar-refractivity contribution in [1.29, 1.82) is 0 Å². The lowest BCUT2D eigenvalue weighted by molar-refractivity contribution is -0.134. The van der Waals surface area contributed by atoms with Gasteiger partial charge in [-0.05, 0) is 69.4 Å². The summed E-state index contributed by atoms with van der Waals surface area (Å²) in [4.78, 5) is 40.7. The molecular formula is C23H24ClN3O3S. The molecule has 1 saturated carbocycles. The first-order chi connectivity index (χ1) is 14.7. The van der Waals surface area contributed by atoms with Crippen LogP contribution in [0.15, 0.2) is 46.2 Å². The van der Waals surface area contributed by atoms with E-state index < -0.39 is 17.5 Å². The number of carbonyl (C=O) groups is 3. The molecule has 0 bridgehead atoms. The number of urea groups is 1. The second-order valence-corrected chi connectivity index (χ2v) is 9.88. The van der Waals surface area contributed by atoms with E-state index in [1.165, 1.54) is 17.3 Å². The van der Waals surface area contributed by atoms with Gasteiger partial charge in [-0.3, -0.25) is 14.5 Å². The van der Waals surface area contributed by atoms with Crippen LogP contribution in [-0.2, 0) is 9.59 Å². The minimum atomic E-state index is -0.905. The van der Waals surface area contributed by atoms with E-state index in [2.05, 4.69) is 16.7 Å². The van der Waals surface area contributed by atoms with Crippen LogP contribution >= 0.6 is 23.4 Å². The molecule has 0 unspecified atom stereocenters. The van der Waals surface area contributed by atoms with Gasteiger partial charge in [-0.1, -0.05) is 41.1 Å². The van der Waals surface area contributed by atoms with E-state index in [1.54, 1.807) is 19.1 Å². The van der Waals surface area contributed by atoms with Gasteiger partial charge in [0.05, 0.1) is 5.69 Å². The highest BCUT2D eigenvalue weighted by Crippen LogP contribution is 2.42. The minimum Gasteiger partial charge on any atom is -0.323 e. The monoisotopic (exact) mass is 457 g/mol. The fraction of sp³-hybridized carbons (Fsp3) is 0.348. The summed E-state index contributed by atoms with van der Waals surface area (Å²) >= 11 is 7.68. The van der Waals surface area contributed by atoms with Crippen LogP contribution in [0.5, 0.6) is 0 Å². The van der Waals surface area contributed by atoms with Gasteiger partial charge < -0.3 is 10.6 Å². The molecule has 0 radical (unpaired) electrons. The molecule has 1 heterocycles. The Morgan fingerprint density at radius 2 is 1.90 bits per heavy atom. The van der Waals surface area contributed by atoms with Crippen LogP contribution in [0.1, 0.15) is 30.9 Å². The van der Waals surface area contributed by atoms with Gasteiger partial charge in [0.15, 0.2) is 0 Å². The number of anilines is 1. The van der Waals surface area contributed by atoms with Gasteiger partial charge in [-0.2, -0.15) is 0 Å². The zero-order chi connectivity index (χ0) is 22.3. The summed E-state index contributed by atoms with van der Waals surface area (Å²) < 4.78 is 0. The summed E-state index contributed by atoms with van der Waals surface area (Å²) in [5.41, 5.74) is 1.95. The van der Waals surface area contributed by atoms with Gasteiger partial charge in [-0.15, -0.1) is 0 Å². The zero-order valence-electron chi connectivity index (χ0n) is 17.6. The first kappa shape index (κ1) is 21.7. The highest BCUT2D eigenvalue weighted by Gasteiger charge is 2.56. The maximum Gasteiger partial charge on any atom is 0.325 e. The molecule has 162 valence electrons. The van der Waals surface area contributed by atoms with Crippen LogP contribution < -0.4 is 10.6 Å². The van der Waals surface area contributed by atoms with Crippen LogP contribution in [0, 0.1) is 19.8 Å². The number of halogens is 1. The average Bonchev–Trinajstić information content (AvgIpc) is 3.52. The highest BCUT2D eigenvalue weighted by molar-refractivity contribution is 7.99. The SMILES string of the molecule is Cc1ccc(Sc2ccc(Cl)cc2NC(=O)CN2C(=O)N[C@@](C)(C3CC3)C2=O)c(C)c1. The zero-order valence-corrected chi connectivity index (χ0v) is 19.2. The number of hydrogen-bond donors (Lipinski definition) is 2. The number of aryl methyl sites for hydroxylation is 2. The van der Waals surface area contributed by atoms with Gasteiger partial charge in [0.2, 0.25) is 5.91 Å². The van der Waals surface area contributed by atoms with Gasteiger partial charge in [0, 0.05) is 14.8 Å². The number of nitrogens with one attached hydrogen (secondary N) is 2. The Bertz CT molecular complexity index is 1090. The van der Waals surface area contributed by atoms with E-state index in [9.17, 15) is 14.4 Å². The molecule has 2 aromatic carbocycles. The van der Waals surface area contributed by atoms with Crippen molar-refractivity contribution < 1.29 is 14.4 Å². The summed E-state index contributed by atoms with van der Waals surface area (Å²) in [6.45, 7) is 5.48. The largest absolute Gasteiger partial charge is 0.325 e. The van der Waals surface area contributed by atoms with Crippen molar-refractivity contribution in [3.8, 4) is 0 Å². The first-order valence-electron chi connectivity index (χ1n) is 10.2. The van der Waals surface area contributed by atoms with Crippen LogP contribution in [-0.4, -0.2) is 34.8 Å². The van der Waals surface area contributed by atoms with E-state index in [0.29, 0.717) is 10.7 Å². The quantitative estimate of drug-likeness (QED) is 0.612. The van der Waals surface area contributed by atoms with E-state index >= 15 is 0 Å². The Morgan fingerprint density at radius 3 is 2.58 bits per heavy atom. The third kappa shape index (κ3) is 4.43. The van der Waals surface area contributed by atoms with Gasteiger partial charge in [0.25, 0.3) is 5.91 Å². The Labute approximate surface area is 190 Å². The second-order valence-electron chi connectivity index (χ2n) is 8.36. The Kier molecular flexibility index (Phi) is 5.75. The molecule has 1 aliphatic carbocycles. The van der Waals surface area contributed by atoms with Crippen molar-refractivity contribution >= 4 is 46.9 Å². The third-order valence-corrected chi connectivity index (χ3v) is 7.25. The number of imide groups is 1. The summed E-state index contributed by atoms with van der Waals surface area (Å²) in [6, 6.07) is 10.9. The number of benzene rings is 2. The Hall–Kier alpha value is -2.51. The van der Waals surface area contributed by atoms with Crippen molar-refractivity contribution in [3.05, 3.63) is 52.5 Å². The summed E-state index contributed by atoms with van der Waals surface area (Å²) in [7, 11) is 0. The number of amides is 4. The molecule has 1 aliphatic heterocycles. The third-order valence-electron chi connectivity index (χ3n) is 5.76. The fourth-order valence-electron chi connectivity index (χ4n) is 3.85. The summed E-state index contributed by atoms with van der Waals surface area (Å²) in [5.74, 6) is -0.648. The topological polar surface area (TPSA) is 78.5 Å². The lowest BCUT2D eigenvalue weighted by Gasteiger charge is -2.21. The first-order valence-corrected chi connectivity index (χ1v) is 11.4. The van der Waals surface area contributed by atoms with Crippen molar-refractivity contribution in [2.75, 3.05) is 11.9 Å². The van der Waals surface area contributed by atoms with Crippen LogP contribution in [0.3, 0.4) is 0 Å². The average molecular weight is 458 g/mol. The lowest BCUT2D eigenvalue weighted by atomic mass is 9.96. The Balaban J connectivity index is 1.50. The second kappa shape index (κ2) is 8.20. The van der Waals surface area contributed by atoms with Gasteiger partial charge >= 0.3 is 6.03 Å². The molecule has 6 nitrogen and oxygen atoms in total. The molecule has 8 heteroatoms. The normalized spacial score (nSPS) is 20.7. The lowest BCUT2D eigenvalue weighted by Crippen LogP contribution is -2.46. The number of hydrogen-bond acceptors (Lipinski definition) is 4. The Morgan fingerprint density at radius 1 is 1.19 bits per heavy atom. The van der Waals surface area contributed by atoms with E-state index in [1.807, 2.05) is 32.0 Å². The fourth-order valence-corrected chi connectivity index (χ4v) is 4.97. The van der Waals surface area contributed by atoms with E-state index in [-0.39, 0.29) is 18.4 Å². The maximum absolute atomic E-state index is 12.8. The van der Waals surface area contributed by atoms with Crippen molar-refractivity contribution in [2.45, 2.75) is 48.9 Å². The van der Waals surface area contributed by atoms with Gasteiger partial charge in [0.1, 0.15) is 12.1 Å². The maximum atomic E-state index is 12.8. The predicted octanol–water partition coefficient (Wildman–Crippen LogP) is 4.77. The molecule has 4 amide bonds. The van der Waals surface area contributed by atoms with Gasteiger partial charge in [-0.25, -0.2) is 4.79 Å². The van der Waals surface area contributed by atoms with Crippen molar-refractivity contribution in [2.24, 2.45) is 5.92 Å². The molecule has 31 heavy (non-hydrogen) atoms.